The Kier molecular flexibility index (Phi) is 4.97. The van der Waals surface area contributed by atoms with Crippen LogP contribution in [0, 0.1) is 0 Å². The molecule has 134 valence electrons. The lowest BCUT2D eigenvalue weighted by atomic mass is 10.1. The van der Waals surface area contributed by atoms with Crippen molar-refractivity contribution in [3.63, 3.8) is 0 Å². The van der Waals surface area contributed by atoms with Crippen molar-refractivity contribution in [1.82, 2.24) is 19.6 Å². The quantitative estimate of drug-likeness (QED) is 0.739. The molecule has 2 aromatic carbocycles. The van der Waals surface area contributed by atoms with Crippen LogP contribution >= 0.6 is 0 Å². The summed E-state index contributed by atoms with van der Waals surface area (Å²) in [6.45, 7) is 0.336. The standard InChI is InChI=1S/C18H18N4O3S/c1-22(2)26(24,25)15-6-4-14(5-7-15)18(23)21-12-13-3-8-16-17(11-13)20-10-9-19-16/h3-11H,12H2,1-2H3,(H,21,23). The first-order valence-electron chi connectivity index (χ1n) is 7.88. The third kappa shape index (κ3) is 3.71. The lowest BCUT2D eigenvalue weighted by Gasteiger charge is -2.11. The molecule has 7 nitrogen and oxygen atoms in total. The highest BCUT2D eigenvalue weighted by atomic mass is 32.2. The van der Waals surface area contributed by atoms with Crippen LogP contribution < -0.4 is 5.32 Å². The number of benzene rings is 2. The maximum atomic E-state index is 12.3. The first-order chi connectivity index (χ1) is 12.4. The summed E-state index contributed by atoms with van der Waals surface area (Å²) in [5.41, 5.74) is 2.85. The van der Waals surface area contributed by atoms with Gasteiger partial charge in [-0.05, 0) is 42.0 Å². The number of carbonyl (C=O) groups is 1. The monoisotopic (exact) mass is 370 g/mol. The fraction of sp³-hybridized carbons (Fsp3) is 0.167. The molecule has 0 bridgehead atoms. The molecule has 0 aliphatic rings. The van der Waals surface area contributed by atoms with Crippen molar-refractivity contribution in [2.45, 2.75) is 11.4 Å². The molecule has 0 fully saturated rings. The van der Waals surface area contributed by atoms with Crippen LogP contribution in [0.1, 0.15) is 15.9 Å². The lowest BCUT2D eigenvalue weighted by Crippen LogP contribution is -2.24. The van der Waals surface area contributed by atoms with Crippen LogP contribution in [-0.2, 0) is 16.6 Å². The Balaban J connectivity index is 1.69. The molecule has 1 heterocycles. The van der Waals surface area contributed by atoms with Crippen molar-refractivity contribution in [3.8, 4) is 0 Å². The number of fused-ring (bicyclic) bond motifs is 1. The zero-order valence-electron chi connectivity index (χ0n) is 14.4. The minimum Gasteiger partial charge on any atom is -0.348 e. The summed E-state index contributed by atoms with van der Waals surface area (Å²) >= 11 is 0. The van der Waals surface area contributed by atoms with E-state index < -0.39 is 10.0 Å². The van der Waals surface area contributed by atoms with E-state index in [-0.39, 0.29) is 10.8 Å². The average molecular weight is 370 g/mol. The number of hydrogen-bond donors (Lipinski definition) is 1. The van der Waals surface area contributed by atoms with Crippen molar-refractivity contribution in [2.24, 2.45) is 0 Å². The van der Waals surface area contributed by atoms with Gasteiger partial charge in [-0.3, -0.25) is 14.8 Å². The molecule has 3 aromatic rings. The fourth-order valence-electron chi connectivity index (χ4n) is 2.39. The second-order valence-electron chi connectivity index (χ2n) is 5.87. The summed E-state index contributed by atoms with van der Waals surface area (Å²) in [6, 6.07) is 11.4. The summed E-state index contributed by atoms with van der Waals surface area (Å²) in [5.74, 6) is -0.280. The Morgan fingerprint density at radius 1 is 1.00 bits per heavy atom. The Morgan fingerprint density at radius 2 is 1.65 bits per heavy atom. The van der Waals surface area contributed by atoms with E-state index in [4.69, 9.17) is 0 Å². The molecule has 0 unspecified atom stereocenters. The van der Waals surface area contributed by atoms with Gasteiger partial charge in [0, 0.05) is 38.6 Å². The summed E-state index contributed by atoms with van der Waals surface area (Å²) in [4.78, 5) is 20.9. The van der Waals surface area contributed by atoms with Gasteiger partial charge in [0.2, 0.25) is 10.0 Å². The molecule has 0 saturated carbocycles. The number of amides is 1. The maximum absolute atomic E-state index is 12.3. The summed E-state index contributed by atoms with van der Waals surface area (Å²) in [5, 5.41) is 2.81. The summed E-state index contributed by atoms with van der Waals surface area (Å²) in [7, 11) is -0.582. The van der Waals surface area contributed by atoms with Crippen LogP contribution in [0.3, 0.4) is 0 Å². The number of nitrogens with one attached hydrogen (secondary N) is 1. The van der Waals surface area contributed by atoms with Gasteiger partial charge < -0.3 is 5.32 Å². The number of rotatable bonds is 5. The third-order valence-electron chi connectivity index (χ3n) is 3.88. The van der Waals surface area contributed by atoms with E-state index >= 15 is 0 Å². The molecule has 0 atom stereocenters. The molecule has 0 aliphatic carbocycles. The van der Waals surface area contributed by atoms with Crippen molar-refractivity contribution in [3.05, 3.63) is 66.0 Å². The number of carbonyl (C=O) groups excluding carboxylic acids is 1. The predicted molar refractivity (Wildman–Crippen MR) is 98.0 cm³/mol. The van der Waals surface area contributed by atoms with Crippen LogP contribution in [0.4, 0.5) is 0 Å². The zero-order chi connectivity index (χ0) is 18.7. The van der Waals surface area contributed by atoms with Gasteiger partial charge in [0.25, 0.3) is 5.91 Å². The smallest absolute Gasteiger partial charge is 0.251 e. The molecule has 1 N–H and O–H groups in total. The molecular weight excluding hydrogens is 352 g/mol. The van der Waals surface area contributed by atoms with E-state index in [9.17, 15) is 13.2 Å². The van der Waals surface area contributed by atoms with Crippen molar-refractivity contribution >= 4 is 27.0 Å². The van der Waals surface area contributed by atoms with Gasteiger partial charge in [-0.2, -0.15) is 0 Å². The van der Waals surface area contributed by atoms with Gasteiger partial charge in [-0.25, -0.2) is 12.7 Å². The highest BCUT2D eigenvalue weighted by Crippen LogP contribution is 2.14. The van der Waals surface area contributed by atoms with Crippen LogP contribution in [0.25, 0.3) is 11.0 Å². The Morgan fingerprint density at radius 3 is 2.31 bits per heavy atom. The van der Waals surface area contributed by atoms with E-state index in [1.165, 1.54) is 38.4 Å². The zero-order valence-corrected chi connectivity index (χ0v) is 15.2. The predicted octanol–water partition coefficient (Wildman–Crippen LogP) is 1.81. The van der Waals surface area contributed by atoms with Crippen LogP contribution in [0.2, 0.25) is 0 Å². The molecule has 0 spiro atoms. The van der Waals surface area contributed by atoms with Gasteiger partial charge in [0.1, 0.15) is 0 Å². The Labute approximate surface area is 151 Å². The summed E-state index contributed by atoms with van der Waals surface area (Å²) < 4.78 is 25.2. The third-order valence-corrected chi connectivity index (χ3v) is 5.71. The minimum absolute atomic E-state index is 0.146. The van der Waals surface area contributed by atoms with Crippen molar-refractivity contribution < 1.29 is 13.2 Å². The molecule has 1 aromatic heterocycles. The van der Waals surface area contributed by atoms with Crippen molar-refractivity contribution in [2.75, 3.05) is 14.1 Å². The second kappa shape index (κ2) is 7.19. The minimum atomic E-state index is -3.51. The highest BCUT2D eigenvalue weighted by Gasteiger charge is 2.17. The van der Waals surface area contributed by atoms with Gasteiger partial charge in [0.05, 0.1) is 15.9 Å². The maximum Gasteiger partial charge on any atom is 0.251 e. The van der Waals surface area contributed by atoms with Crippen LogP contribution in [0.15, 0.2) is 59.8 Å². The van der Waals surface area contributed by atoms with Gasteiger partial charge in [-0.1, -0.05) is 6.07 Å². The molecule has 0 aliphatic heterocycles. The van der Waals surface area contributed by atoms with E-state index in [1.54, 1.807) is 12.4 Å². The molecule has 3 rings (SSSR count). The average Bonchev–Trinajstić information content (AvgIpc) is 2.66. The Bertz CT molecular complexity index is 1050. The number of hydrogen-bond acceptors (Lipinski definition) is 5. The van der Waals surface area contributed by atoms with Gasteiger partial charge in [0.15, 0.2) is 0 Å². The highest BCUT2D eigenvalue weighted by molar-refractivity contribution is 7.89. The lowest BCUT2D eigenvalue weighted by molar-refractivity contribution is 0.0951. The molecule has 8 heteroatoms. The van der Waals surface area contributed by atoms with Gasteiger partial charge in [-0.15, -0.1) is 0 Å². The largest absolute Gasteiger partial charge is 0.348 e. The summed E-state index contributed by atoms with van der Waals surface area (Å²) in [6.07, 6.45) is 3.25. The number of sulfonamides is 1. The van der Waals surface area contributed by atoms with Crippen LogP contribution in [0.5, 0.6) is 0 Å². The van der Waals surface area contributed by atoms with Gasteiger partial charge >= 0.3 is 0 Å². The van der Waals surface area contributed by atoms with E-state index in [2.05, 4.69) is 15.3 Å². The Hall–Kier alpha value is -2.84. The molecule has 0 radical (unpaired) electrons. The molecule has 0 saturated heterocycles. The van der Waals surface area contributed by atoms with E-state index in [0.717, 1.165) is 20.9 Å². The molecular formula is C18H18N4O3S. The second-order valence-corrected chi connectivity index (χ2v) is 8.03. The number of aromatic nitrogens is 2. The molecule has 1 amide bonds. The SMILES string of the molecule is CN(C)S(=O)(=O)c1ccc(C(=O)NCc2ccc3nccnc3c2)cc1. The fourth-order valence-corrected chi connectivity index (χ4v) is 3.29. The number of nitrogens with zero attached hydrogens (tertiary/aromatic N) is 3. The first kappa shape index (κ1) is 18.0. The van der Waals surface area contributed by atoms with E-state index in [0.29, 0.717) is 12.1 Å². The first-order valence-corrected chi connectivity index (χ1v) is 9.32. The van der Waals surface area contributed by atoms with E-state index in [1.807, 2.05) is 18.2 Å². The topological polar surface area (TPSA) is 92.3 Å². The normalized spacial score (nSPS) is 11.7. The molecule has 26 heavy (non-hydrogen) atoms. The van der Waals surface area contributed by atoms with Crippen molar-refractivity contribution in [1.29, 1.82) is 0 Å². The van der Waals surface area contributed by atoms with Crippen LogP contribution in [-0.4, -0.2) is 42.7 Å².